The first-order valence-electron chi connectivity index (χ1n) is 7.89. The van der Waals surface area contributed by atoms with Crippen LogP contribution in [0.1, 0.15) is 25.0 Å². The molecule has 2 heteroatoms. The second-order valence-corrected chi connectivity index (χ2v) is 5.42. The molecule has 0 saturated heterocycles. The van der Waals surface area contributed by atoms with E-state index >= 15 is 0 Å². The van der Waals surface area contributed by atoms with Crippen molar-refractivity contribution < 1.29 is 26.2 Å². The second kappa shape index (κ2) is 10.8. The summed E-state index contributed by atoms with van der Waals surface area (Å²) in [5, 5.41) is 0. The maximum Gasteiger partial charge on any atom is 2.00 e. The molecule has 0 atom stereocenters. The molecule has 0 N–H and O–H groups in total. The Hall–Kier alpha value is -1.04. The second-order valence-electron chi connectivity index (χ2n) is 5.42. The van der Waals surface area contributed by atoms with Gasteiger partial charge in [0.15, 0.2) is 0 Å². The van der Waals surface area contributed by atoms with Crippen LogP contribution in [0.5, 0.6) is 0 Å². The van der Waals surface area contributed by atoms with Crippen LogP contribution in [0, 0.1) is 6.42 Å². The van der Waals surface area contributed by atoms with Crippen LogP contribution in [0.4, 0.5) is 0 Å². The van der Waals surface area contributed by atoms with E-state index < -0.39 is 0 Å². The third kappa shape index (κ3) is 4.53. The molecule has 24 heavy (non-hydrogen) atoms. The van der Waals surface area contributed by atoms with Crippen LogP contribution in [0.2, 0.25) is 0 Å². The van der Waals surface area contributed by atoms with E-state index in [1.54, 1.807) is 0 Å². The summed E-state index contributed by atoms with van der Waals surface area (Å²) in [7, 11) is 0. The molecule has 0 aromatic heterocycles. The zero-order valence-corrected chi connectivity index (χ0v) is 17.7. The molecule has 0 saturated carbocycles. The summed E-state index contributed by atoms with van der Waals surface area (Å²) < 4.78 is 0. The van der Waals surface area contributed by atoms with Gasteiger partial charge in [-0.25, -0.2) is 0 Å². The van der Waals surface area contributed by atoms with Gasteiger partial charge in [0.05, 0.1) is 0 Å². The zero-order valence-electron chi connectivity index (χ0n) is 14.5. The van der Waals surface area contributed by atoms with Crippen LogP contribution in [-0.4, -0.2) is 6.38 Å². The van der Waals surface area contributed by atoms with Gasteiger partial charge >= 0.3 is 26.2 Å². The van der Waals surface area contributed by atoms with Crippen molar-refractivity contribution in [2.45, 2.75) is 20.3 Å². The number of halogens is 1. The summed E-state index contributed by atoms with van der Waals surface area (Å²) in [6.45, 7) is 4.00. The minimum atomic E-state index is 0. The van der Waals surface area contributed by atoms with Crippen molar-refractivity contribution in [1.82, 2.24) is 0 Å². The molecule has 0 nitrogen and oxygen atoms in total. The Morgan fingerprint density at radius 1 is 0.833 bits per heavy atom. The van der Waals surface area contributed by atoms with Gasteiger partial charge in [-0.1, -0.05) is 47.5 Å². The number of hydrogen-bond acceptors (Lipinski definition) is 0. The van der Waals surface area contributed by atoms with E-state index in [2.05, 4.69) is 78.3 Å². The van der Waals surface area contributed by atoms with E-state index in [-0.39, 0.29) is 26.2 Å². The zero-order chi connectivity index (χ0) is 16.7. The predicted octanol–water partition coefficient (Wildman–Crippen LogP) is 6.73. The van der Waals surface area contributed by atoms with Gasteiger partial charge in [-0.05, 0) is 23.1 Å². The number of benzene rings is 2. The van der Waals surface area contributed by atoms with Gasteiger partial charge in [-0.2, -0.15) is 26.0 Å². The molecule has 0 heterocycles. The quantitative estimate of drug-likeness (QED) is 0.240. The minimum absolute atomic E-state index is 0. The average Bonchev–Trinajstić information content (AvgIpc) is 3.25. The van der Waals surface area contributed by atoms with Crippen LogP contribution in [0.25, 0.3) is 22.3 Å². The summed E-state index contributed by atoms with van der Waals surface area (Å²) in [4.78, 5) is 0. The molecule has 0 bridgehead atoms. The standard InChI is InChI=1S/C18H13.C3H7.CH3Cl.Zr/c1-2-7-13(6-1)15-10-5-11-17-16-9-4-3-8-14(16)12-18(15)17;1-3-2;1-2;/h1-11H,12H2;3H,1-2H3;1H3;/q2*-1;;+2. The van der Waals surface area contributed by atoms with Crippen LogP contribution in [-0.2, 0) is 32.6 Å². The minimum Gasteiger partial charge on any atom is -0.335 e. The van der Waals surface area contributed by atoms with E-state index in [0.717, 1.165) is 6.42 Å². The fourth-order valence-electron chi connectivity index (χ4n) is 2.98. The van der Waals surface area contributed by atoms with Gasteiger partial charge in [0, 0.05) is 6.38 Å². The third-order valence-corrected chi connectivity index (χ3v) is 3.82. The van der Waals surface area contributed by atoms with Crippen LogP contribution in [0.3, 0.4) is 0 Å². The summed E-state index contributed by atoms with van der Waals surface area (Å²) in [6, 6.07) is 24.0. The Balaban J connectivity index is 0.000000437. The molecule has 4 rings (SSSR count). The monoisotopic (exact) mass is 412 g/mol. The fourth-order valence-corrected chi connectivity index (χ4v) is 2.98. The molecule has 1 aliphatic carbocycles. The number of alkyl halides is 1. The molecule has 0 unspecified atom stereocenters. The molecule has 3 aromatic carbocycles. The molecule has 3 aromatic rings. The molecule has 0 radical (unpaired) electrons. The number of hydrogen-bond donors (Lipinski definition) is 0. The Kier molecular flexibility index (Phi) is 9.41. The Morgan fingerprint density at radius 2 is 1.42 bits per heavy atom. The molecule has 0 fully saturated rings. The third-order valence-electron chi connectivity index (χ3n) is 3.82. The van der Waals surface area contributed by atoms with Crippen molar-refractivity contribution in [1.29, 1.82) is 0 Å². The van der Waals surface area contributed by atoms with Crippen molar-refractivity contribution in [3.8, 4) is 22.3 Å². The maximum atomic E-state index is 4.64. The normalized spacial score (nSPS) is 10.2. The van der Waals surface area contributed by atoms with E-state index in [4.69, 9.17) is 0 Å². The Morgan fingerprint density at radius 3 is 2.08 bits per heavy atom. The van der Waals surface area contributed by atoms with Crippen molar-refractivity contribution in [3.05, 3.63) is 84.3 Å². The van der Waals surface area contributed by atoms with Crippen molar-refractivity contribution in [2.75, 3.05) is 6.38 Å². The first-order valence-corrected chi connectivity index (χ1v) is 8.64. The van der Waals surface area contributed by atoms with Crippen molar-refractivity contribution >= 4 is 11.6 Å². The predicted molar refractivity (Wildman–Crippen MR) is 103 cm³/mol. The molecule has 1 aliphatic rings. The topological polar surface area (TPSA) is 0 Å². The summed E-state index contributed by atoms with van der Waals surface area (Å²) in [6.07, 6.45) is 4.53. The summed E-state index contributed by atoms with van der Waals surface area (Å²) in [5.74, 6) is 0. The largest absolute Gasteiger partial charge is 2.00 e. The van der Waals surface area contributed by atoms with E-state index in [9.17, 15) is 0 Å². The van der Waals surface area contributed by atoms with Gasteiger partial charge < -0.3 is 6.42 Å². The molecule has 0 aliphatic heterocycles. The molecule has 0 spiro atoms. The number of fused-ring (bicyclic) bond motifs is 3. The first kappa shape index (κ1) is 21.0. The summed E-state index contributed by atoms with van der Waals surface area (Å²) in [5.41, 5.74) is 8.45. The molecule has 0 amide bonds. The Labute approximate surface area is 170 Å². The van der Waals surface area contributed by atoms with Gasteiger partial charge in [0.25, 0.3) is 0 Å². The van der Waals surface area contributed by atoms with Gasteiger partial charge in [0.2, 0.25) is 0 Å². The number of rotatable bonds is 1. The van der Waals surface area contributed by atoms with Gasteiger partial charge in [-0.15, -0.1) is 35.4 Å². The summed E-state index contributed by atoms with van der Waals surface area (Å²) >= 11 is 4.64. The molecular formula is C22H23ClZr. The van der Waals surface area contributed by atoms with Crippen LogP contribution in [0.15, 0.2) is 66.7 Å². The van der Waals surface area contributed by atoms with Crippen LogP contribution < -0.4 is 0 Å². The van der Waals surface area contributed by atoms with E-state index in [1.807, 2.05) is 20.3 Å². The molecular weight excluding hydrogens is 391 g/mol. The van der Waals surface area contributed by atoms with E-state index in [1.165, 1.54) is 39.8 Å². The van der Waals surface area contributed by atoms with E-state index in [0.29, 0.717) is 0 Å². The Bertz CT molecular complexity index is 729. The maximum absolute atomic E-state index is 4.64. The smallest absolute Gasteiger partial charge is 0.335 e. The average molecular weight is 414 g/mol. The van der Waals surface area contributed by atoms with Crippen molar-refractivity contribution in [2.24, 2.45) is 0 Å². The van der Waals surface area contributed by atoms with Gasteiger partial charge in [0.1, 0.15) is 0 Å². The van der Waals surface area contributed by atoms with Gasteiger partial charge in [-0.3, -0.25) is 0 Å². The molecule has 122 valence electrons. The fraction of sp³-hybridized carbons (Fsp3) is 0.182. The first-order chi connectivity index (χ1) is 11.3. The van der Waals surface area contributed by atoms with Crippen molar-refractivity contribution in [3.63, 3.8) is 0 Å². The van der Waals surface area contributed by atoms with Crippen LogP contribution >= 0.6 is 11.6 Å². The SMILES string of the molecule is CCl.C[CH-]C.[Zr+2].c1ccc2c(c1)Cc1c-2cccc1-[c-]1cccc1.